The molecule has 1 atom stereocenters. The summed E-state index contributed by atoms with van der Waals surface area (Å²) in [6.07, 6.45) is 0. The Labute approximate surface area is 114 Å². The number of benzene rings is 1. The topological polar surface area (TPSA) is 101 Å². The maximum Gasteiger partial charge on any atom is 0.319 e. The van der Waals surface area contributed by atoms with Crippen LogP contribution in [-0.2, 0) is 4.79 Å². The van der Waals surface area contributed by atoms with Crippen molar-refractivity contribution in [3.8, 4) is 0 Å². The van der Waals surface area contributed by atoms with Crippen molar-refractivity contribution < 1.29 is 14.5 Å². The lowest BCUT2D eigenvalue weighted by molar-refractivity contribution is -0.384. The van der Waals surface area contributed by atoms with Gasteiger partial charge in [-0.05, 0) is 19.4 Å². The number of nitrogens with one attached hydrogen (secondary N) is 2. The van der Waals surface area contributed by atoms with Crippen molar-refractivity contribution in [1.82, 2.24) is 10.6 Å². The standard InChI is InChI=1S/C13H13N3O4/c1-7-11(8(2)17)12(15-13(18)14-7)9-4-3-5-10(6-9)16(19)20/h3-6,12H,1-2H3,(H2,14,15,18)/t12-/m0/s1. The molecular weight excluding hydrogens is 262 g/mol. The summed E-state index contributed by atoms with van der Waals surface area (Å²) >= 11 is 0. The summed E-state index contributed by atoms with van der Waals surface area (Å²) in [6, 6.07) is 4.75. The van der Waals surface area contributed by atoms with Gasteiger partial charge in [0.05, 0.1) is 11.0 Å². The number of non-ortho nitro benzene ring substituents is 1. The Balaban J connectivity index is 2.51. The van der Waals surface area contributed by atoms with Gasteiger partial charge in [0.25, 0.3) is 5.69 Å². The lowest BCUT2D eigenvalue weighted by Crippen LogP contribution is -2.44. The SMILES string of the molecule is CC(=O)C1=C(C)NC(=O)N[C@H]1c1cccc([N+](=O)[O-])c1. The van der Waals surface area contributed by atoms with Crippen LogP contribution in [0.1, 0.15) is 25.5 Å². The van der Waals surface area contributed by atoms with Gasteiger partial charge in [-0.25, -0.2) is 4.79 Å². The number of hydrogen-bond donors (Lipinski definition) is 2. The fraction of sp³-hybridized carbons (Fsp3) is 0.231. The minimum atomic E-state index is -0.679. The molecule has 2 rings (SSSR count). The van der Waals surface area contributed by atoms with Crippen molar-refractivity contribution in [2.24, 2.45) is 0 Å². The van der Waals surface area contributed by atoms with E-state index in [1.807, 2.05) is 0 Å². The van der Waals surface area contributed by atoms with Crippen molar-refractivity contribution in [3.05, 3.63) is 51.2 Å². The molecule has 7 nitrogen and oxygen atoms in total. The molecule has 0 saturated heterocycles. The summed E-state index contributed by atoms with van der Waals surface area (Å²) in [6.45, 7) is 3.02. The van der Waals surface area contributed by atoms with E-state index in [0.29, 0.717) is 16.8 Å². The highest BCUT2D eigenvalue weighted by atomic mass is 16.6. The maximum atomic E-state index is 11.7. The number of allylic oxidation sites excluding steroid dienone is 1. The molecule has 1 aromatic carbocycles. The zero-order chi connectivity index (χ0) is 14.9. The van der Waals surface area contributed by atoms with Gasteiger partial charge < -0.3 is 10.6 Å². The first-order valence-electron chi connectivity index (χ1n) is 5.93. The molecule has 0 unspecified atom stereocenters. The average molecular weight is 275 g/mol. The molecule has 0 saturated carbocycles. The Morgan fingerprint density at radius 2 is 2.10 bits per heavy atom. The molecule has 2 N–H and O–H groups in total. The van der Waals surface area contributed by atoms with Crippen LogP contribution in [0.25, 0.3) is 0 Å². The van der Waals surface area contributed by atoms with Gasteiger partial charge in [-0.15, -0.1) is 0 Å². The number of carbonyl (C=O) groups is 2. The van der Waals surface area contributed by atoms with E-state index in [1.54, 1.807) is 13.0 Å². The fourth-order valence-electron chi connectivity index (χ4n) is 2.23. The number of hydrogen-bond acceptors (Lipinski definition) is 4. The summed E-state index contributed by atoms with van der Waals surface area (Å²) < 4.78 is 0. The van der Waals surface area contributed by atoms with Gasteiger partial charge in [0.1, 0.15) is 0 Å². The van der Waals surface area contributed by atoms with Crippen molar-refractivity contribution in [1.29, 1.82) is 0 Å². The first-order chi connectivity index (χ1) is 9.40. The van der Waals surface area contributed by atoms with Crippen LogP contribution < -0.4 is 10.6 Å². The number of nitro benzene ring substituents is 1. The Bertz CT molecular complexity index is 636. The minimum absolute atomic E-state index is 0.0872. The molecule has 2 amide bonds. The second kappa shape index (κ2) is 5.12. The third-order valence-corrected chi connectivity index (χ3v) is 3.06. The summed E-state index contributed by atoms with van der Waals surface area (Å²) in [7, 11) is 0. The Hall–Kier alpha value is -2.70. The summed E-state index contributed by atoms with van der Waals surface area (Å²) in [4.78, 5) is 33.6. The fourth-order valence-corrected chi connectivity index (χ4v) is 2.23. The second-order valence-electron chi connectivity index (χ2n) is 4.48. The van der Waals surface area contributed by atoms with Gasteiger partial charge in [-0.3, -0.25) is 14.9 Å². The largest absolute Gasteiger partial charge is 0.327 e. The van der Waals surface area contributed by atoms with Crippen LogP contribution >= 0.6 is 0 Å². The number of rotatable bonds is 3. The molecule has 1 aliphatic rings. The average Bonchev–Trinajstić information content (AvgIpc) is 2.37. The van der Waals surface area contributed by atoms with Crippen molar-refractivity contribution in [3.63, 3.8) is 0 Å². The molecule has 0 radical (unpaired) electrons. The maximum absolute atomic E-state index is 11.7. The summed E-state index contributed by atoms with van der Waals surface area (Å²) in [5.74, 6) is -0.202. The number of nitrogens with zero attached hydrogens (tertiary/aromatic N) is 1. The molecular formula is C13H13N3O4. The number of carbonyl (C=O) groups excluding carboxylic acids is 2. The number of nitro groups is 1. The Kier molecular flexibility index (Phi) is 3.51. The molecule has 1 aromatic rings. The van der Waals surface area contributed by atoms with Crippen LogP contribution in [0.2, 0.25) is 0 Å². The van der Waals surface area contributed by atoms with Crippen LogP contribution in [0.4, 0.5) is 10.5 Å². The third-order valence-electron chi connectivity index (χ3n) is 3.06. The molecule has 0 aromatic heterocycles. The van der Waals surface area contributed by atoms with E-state index in [2.05, 4.69) is 10.6 Å². The molecule has 7 heteroatoms. The number of ketones is 1. The molecule has 104 valence electrons. The highest BCUT2D eigenvalue weighted by molar-refractivity contribution is 5.98. The smallest absolute Gasteiger partial charge is 0.319 e. The van der Waals surface area contributed by atoms with E-state index >= 15 is 0 Å². The highest BCUT2D eigenvalue weighted by Crippen LogP contribution is 2.29. The molecule has 1 aliphatic heterocycles. The number of Topliss-reactive ketones (excluding diaryl/α,β-unsaturated/α-hetero) is 1. The predicted molar refractivity (Wildman–Crippen MR) is 70.9 cm³/mol. The van der Waals surface area contributed by atoms with Gasteiger partial charge in [-0.2, -0.15) is 0 Å². The highest BCUT2D eigenvalue weighted by Gasteiger charge is 2.29. The van der Waals surface area contributed by atoms with Gasteiger partial charge in [0.15, 0.2) is 5.78 Å². The summed E-state index contributed by atoms with van der Waals surface area (Å²) in [5, 5.41) is 15.9. The first-order valence-corrected chi connectivity index (χ1v) is 5.93. The van der Waals surface area contributed by atoms with E-state index in [4.69, 9.17) is 0 Å². The zero-order valence-corrected chi connectivity index (χ0v) is 11.0. The molecule has 0 aliphatic carbocycles. The van der Waals surface area contributed by atoms with Crippen LogP contribution in [0.15, 0.2) is 35.5 Å². The van der Waals surface area contributed by atoms with Gasteiger partial charge in [-0.1, -0.05) is 12.1 Å². The second-order valence-corrected chi connectivity index (χ2v) is 4.48. The molecule has 1 heterocycles. The lowest BCUT2D eigenvalue weighted by Gasteiger charge is -2.27. The molecule has 0 bridgehead atoms. The van der Waals surface area contributed by atoms with Crippen molar-refractivity contribution >= 4 is 17.5 Å². The van der Waals surface area contributed by atoms with E-state index in [1.165, 1.54) is 25.1 Å². The van der Waals surface area contributed by atoms with Gasteiger partial charge in [0, 0.05) is 23.4 Å². The van der Waals surface area contributed by atoms with E-state index in [9.17, 15) is 19.7 Å². The molecule has 20 heavy (non-hydrogen) atoms. The lowest BCUT2D eigenvalue weighted by atomic mass is 9.93. The van der Waals surface area contributed by atoms with Gasteiger partial charge in [0.2, 0.25) is 0 Å². The Morgan fingerprint density at radius 1 is 1.40 bits per heavy atom. The van der Waals surface area contributed by atoms with Crippen molar-refractivity contribution in [2.75, 3.05) is 0 Å². The normalized spacial score (nSPS) is 18.3. The Morgan fingerprint density at radius 3 is 2.70 bits per heavy atom. The summed E-state index contributed by atoms with van der Waals surface area (Å²) in [5.41, 5.74) is 1.26. The molecule has 0 fully saturated rings. The minimum Gasteiger partial charge on any atom is -0.327 e. The van der Waals surface area contributed by atoms with Gasteiger partial charge >= 0.3 is 6.03 Å². The van der Waals surface area contributed by atoms with Crippen LogP contribution in [0.5, 0.6) is 0 Å². The van der Waals surface area contributed by atoms with Crippen LogP contribution in [0, 0.1) is 10.1 Å². The van der Waals surface area contributed by atoms with Crippen LogP contribution in [-0.4, -0.2) is 16.7 Å². The van der Waals surface area contributed by atoms with E-state index in [-0.39, 0.29) is 11.5 Å². The first kappa shape index (κ1) is 13.7. The monoisotopic (exact) mass is 275 g/mol. The number of amides is 2. The van der Waals surface area contributed by atoms with E-state index in [0.717, 1.165) is 0 Å². The molecule has 0 spiro atoms. The van der Waals surface area contributed by atoms with Crippen LogP contribution in [0.3, 0.4) is 0 Å². The predicted octanol–water partition coefficient (Wildman–Crippen LogP) is 1.81. The number of urea groups is 1. The van der Waals surface area contributed by atoms with E-state index < -0.39 is 17.0 Å². The zero-order valence-electron chi connectivity index (χ0n) is 11.0. The van der Waals surface area contributed by atoms with Crippen molar-refractivity contribution in [2.45, 2.75) is 19.9 Å². The quantitative estimate of drug-likeness (QED) is 0.648. The third kappa shape index (κ3) is 2.51.